The van der Waals surface area contributed by atoms with Crippen molar-refractivity contribution in [2.24, 2.45) is 0 Å². The maximum Gasteiger partial charge on any atom is 0.317 e. The molecule has 0 atom stereocenters. The second kappa shape index (κ2) is 26.2. The lowest BCUT2D eigenvalue weighted by atomic mass is 10.0. The van der Waals surface area contributed by atoms with E-state index in [0.29, 0.717) is 57.3 Å². The SMILES string of the molecule is Cc1cc(-c2ccnc(Cl)n2)ccc1CNC(=O)N1CC(OC(C)C)C1.Cc1cc(-c2ccnc(Nc3cnn(C4CCOCC4)c3)n2)ccc1CNC(=O)N1CC(OC(C)C)C1.Nc1cnn(C2CCOCC2)c1. The average molecular weight is 1050 g/mol. The molecule has 4 aromatic heterocycles. The smallest absolute Gasteiger partial charge is 0.317 e. The second-order valence-corrected chi connectivity index (χ2v) is 20.1. The number of rotatable bonds is 14. The minimum absolute atomic E-state index is 0.0559. The molecule has 10 rings (SSSR count). The number of aromatic nitrogens is 8. The summed E-state index contributed by atoms with van der Waals surface area (Å²) in [5.41, 5.74) is 15.0. The molecule has 8 heterocycles. The van der Waals surface area contributed by atoms with Gasteiger partial charge < -0.3 is 50.4 Å². The summed E-state index contributed by atoms with van der Waals surface area (Å²) in [5, 5.41) is 18.2. The molecular formula is C54H71ClN14O6. The number of nitrogens with zero attached hydrogens (tertiary/aromatic N) is 10. The Kier molecular flexibility index (Phi) is 19.0. The first-order valence-electron chi connectivity index (χ1n) is 25.9. The van der Waals surface area contributed by atoms with Crippen molar-refractivity contribution in [3.63, 3.8) is 0 Å². The lowest BCUT2D eigenvalue weighted by Gasteiger charge is -2.39. The molecule has 4 amide bonds. The van der Waals surface area contributed by atoms with Crippen LogP contribution in [-0.4, -0.2) is 138 Å². The number of amides is 4. The van der Waals surface area contributed by atoms with Crippen LogP contribution in [0.25, 0.3) is 22.5 Å². The zero-order chi connectivity index (χ0) is 52.8. The Labute approximate surface area is 444 Å². The van der Waals surface area contributed by atoms with Gasteiger partial charge in [0.15, 0.2) is 0 Å². The van der Waals surface area contributed by atoms with Crippen LogP contribution in [0.3, 0.4) is 0 Å². The molecule has 400 valence electrons. The Morgan fingerprint density at radius 3 is 1.63 bits per heavy atom. The number of benzene rings is 2. The highest BCUT2D eigenvalue weighted by Gasteiger charge is 2.33. The molecule has 0 saturated carbocycles. The molecule has 0 unspecified atom stereocenters. The van der Waals surface area contributed by atoms with E-state index in [-0.39, 0.29) is 41.8 Å². The second-order valence-electron chi connectivity index (χ2n) is 19.8. The number of nitrogens with two attached hydrogens (primary N) is 1. The molecule has 0 bridgehead atoms. The Balaban J connectivity index is 0.000000169. The van der Waals surface area contributed by atoms with Gasteiger partial charge in [-0.1, -0.05) is 24.3 Å². The van der Waals surface area contributed by atoms with Crippen molar-refractivity contribution in [3.05, 3.63) is 113 Å². The van der Waals surface area contributed by atoms with Crippen LogP contribution in [0.5, 0.6) is 0 Å². The Bertz CT molecular complexity index is 2800. The number of nitrogen functional groups attached to an aromatic ring is 1. The van der Waals surface area contributed by atoms with Gasteiger partial charge in [0.1, 0.15) is 0 Å². The first-order valence-corrected chi connectivity index (χ1v) is 26.2. The topological polar surface area (TPSA) is 227 Å². The number of halogens is 1. The molecule has 2 aromatic carbocycles. The lowest BCUT2D eigenvalue weighted by molar-refractivity contribution is -0.0642. The summed E-state index contributed by atoms with van der Waals surface area (Å²) in [5.74, 6) is 0.521. The van der Waals surface area contributed by atoms with Gasteiger partial charge in [0.25, 0.3) is 0 Å². The molecule has 6 aromatic rings. The molecule has 20 nitrogen and oxygen atoms in total. The zero-order valence-electron chi connectivity index (χ0n) is 43.8. The fraction of sp³-hybridized carbons (Fsp3) is 0.481. The maximum atomic E-state index is 12.4. The highest BCUT2D eigenvalue weighted by molar-refractivity contribution is 6.28. The fourth-order valence-electron chi connectivity index (χ4n) is 9.08. The summed E-state index contributed by atoms with van der Waals surface area (Å²) in [6.45, 7) is 18.9. The summed E-state index contributed by atoms with van der Waals surface area (Å²) < 4.78 is 26.0. The van der Waals surface area contributed by atoms with Crippen molar-refractivity contribution in [3.8, 4) is 22.5 Å². The molecule has 4 aliphatic rings. The maximum absolute atomic E-state index is 12.4. The van der Waals surface area contributed by atoms with Gasteiger partial charge in [-0.15, -0.1) is 0 Å². The summed E-state index contributed by atoms with van der Waals surface area (Å²) >= 11 is 5.85. The fourth-order valence-corrected chi connectivity index (χ4v) is 9.23. The molecule has 0 radical (unpaired) electrons. The molecule has 75 heavy (non-hydrogen) atoms. The number of carbonyl (C=O) groups excluding carboxylic acids is 2. The van der Waals surface area contributed by atoms with E-state index >= 15 is 0 Å². The molecule has 4 aliphatic heterocycles. The summed E-state index contributed by atoms with van der Waals surface area (Å²) in [6.07, 6.45) is 15.5. The van der Waals surface area contributed by atoms with Crippen LogP contribution in [0.2, 0.25) is 5.28 Å². The van der Waals surface area contributed by atoms with E-state index in [1.807, 2.05) is 106 Å². The number of nitrogens with one attached hydrogen (secondary N) is 3. The Morgan fingerprint density at radius 1 is 0.680 bits per heavy atom. The number of hydrogen-bond acceptors (Lipinski definition) is 14. The summed E-state index contributed by atoms with van der Waals surface area (Å²) in [6, 6.07) is 16.6. The third kappa shape index (κ3) is 15.7. The molecule has 0 aliphatic carbocycles. The van der Waals surface area contributed by atoms with E-state index in [1.165, 1.54) is 0 Å². The van der Waals surface area contributed by atoms with Crippen molar-refractivity contribution in [2.75, 3.05) is 63.7 Å². The van der Waals surface area contributed by atoms with Crippen LogP contribution in [-0.2, 0) is 32.0 Å². The minimum Gasteiger partial charge on any atom is -0.396 e. The number of urea groups is 2. The largest absolute Gasteiger partial charge is 0.396 e. The van der Waals surface area contributed by atoms with Crippen LogP contribution in [0.1, 0.15) is 87.7 Å². The van der Waals surface area contributed by atoms with Gasteiger partial charge >= 0.3 is 12.1 Å². The standard InChI is InChI=1S/C27H35N7O3.C19H23ClN4O2.C8H13N3O/c1-18(2)37-24-16-33(17-24)27(35)29-13-21-5-4-20(12-19(21)3)25-6-9-28-26(32-25)31-22-14-30-34(15-22)23-7-10-36-11-8-23;1-12(2)26-16-10-24(11-16)19(25)22-9-15-5-4-14(8-13(15)3)17-6-7-21-18(20)23-17;9-7-5-10-11(6-7)8-1-3-12-4-2-8/h4-6,9,12,14-15,18,23-24H,7-8,10-11,13,16-17H2,1-3H3,(H,29,35)(H,28,31,32);4-8,12,16H,9-11H2,1-3H3,(H,22,25);5-6,8H,1-4,9H2. The van der Waals surface area contributed by atoms with Crippen LogP contribution in [0.4, 0.5) is 26.9 Å². The number of likely N-dealkylation sites (tertiary alicyclic amines) is 2. The van der Waals surface area contributed by atoms with Gasteiger partial charge in [-0.3, -0.25) is 9.36 Å². The number of ether oxygens (including phenoxy) is 4. The van der Waals surface area contributed by atoms with Crippen molar-refractivity contribution < 1.29 is 28.5 Å². The molecular weight excluding hydrogens is 976 g/mol. The van der Waals surface area contributed by atoms with Gasteiger partial charge in [-0.25, -0.2) is 29.5 Å². The first-order chi connectivity index (χ1) is 36.2. The van der Waals surface area contributed by atoms with Gasteiger partial charge in [0.05, 0.1) is 97.8 Å². The lowest BCUT2D eigenvalue weighted by Crippen LogP contribution is -2.58. The number of carbonyl (C=O) groups is 2. The Hall–Kier alpha value is -6.71. The highest BCUT2D eigenvalue weighted by atomic mass is 35.5. The van der Waals surface area contributed by atoms with E-state index in [4.69, 9.17) is 41.3 Å². The monoisotopic (exact) mass is 1050 g/mol. The predicted octanol–water partition coefficient (Wildman–Crippen LogP) is 8.30. The third-order valence-corrected chi connectivity index (χ3v) is 13.4. The van der Waals surface area contributed by atoms with E-state index in [1.54, 1.807) is 34.6 Å². The summed E-state index contributed by atoms with van der Waals surface area (Å²) in [4.78, 5) is 45.4. The van der Waals surface area contributed by atoms with E-state index in [2.05, 4.69) is 47.2 Å². The van der Waals surface area contributed by atoms with Gasteiger partial charge in [-0.05, 0) is 125 Å². The highest BCUT2D eigenvalue weighted by Crippen LogP contribution is 2.27. The zero-order valence-corrected chi connectivity index (χ0v) is 44.6. The number of anilines is 3. The van der Waals surface area contributed by atoms with Crippen molar-refractivity contribution in [1.82, 2.24) is 59.9 Å². The third-order valence-electron chi connectivity index (χ3n) is 13.2. The van der Waals surface area contributed by atoms with Crippen LogP contribution >= 0.6 is 11.6 Å². The van der Waals surface area contributed by atoms with Crippen molar-refractivity contribution in [2.45, 2.75) is 117 Å². The van der Waals surface area contributed by atoms with Crippen molar-refractivity contribution >= 4 is 41.0 Å². The first kappa shape index (κ1) is 54.5. The summed E-state index contributed by atoms with van der Waals surface area (Å²) in [7, 11) is 0. The van der Waals surface area contributed by atoms with Crippen LogP contribution < -0.4 is 21.7 Å². The molecule has 4 fully saturated rings. The quantitative estimate of drug-likeness (QED) is 0.0753. The minimum atomic E-state index is -0.0567. The predicted molar refractivity (Wildman–Crippen MR) is 287 cm³/mol. The van der Waals surface area contributed by atoms with E-state index in [0.717, 1.165) is 108 Å². The normalized spacial score (nSPS) is 16.3. The van der Waals surface area contributed by atoms with Gasteiger partial charge in [0.2, 0.25) is 11.2 Å². The number of aryl methyl sites for hydroxylation is 2. The van der Waals surface area contributed by atoms with Crippen LogP contribution in [0.15, 0.2) is 85.7 Å². The van der Waals surface area contributed by atoms with E-state index in [9.17, 15) is 9.59 Å². The van der Waals surface area contributed by atoms with Crippen molar-refractivity contribution in [1.29, 1.82) is 0 Å². The number of hydrogen-bond donors (Lipinski definition) is 4. The van der Waals surface area contributed by atoms with E-state index < -0.39 is 0 Å². The molecule has 5 N–H and O–H groups in total. The molecule has 0 spiro atoms. The average Bonchev–Trinajstić information content (AvgIpc) is 4.05. The van der Waals surface area contributed by atoms with Gasteiger partial charge in [0, 0.05) is 75.4 Å². The Morgan fingerprint density at radius 2 is 1.16 bits per heavy atom. The van der Waals surface area contributed by atoms with Crippen LogP contribution in [0, 0.1) is 13.8 Å². The molecule has 4 saturated heterocycles. The molecule has 21 heteroatoms. The van der Waals surface area contributed by atoms with Gasteiger partial charge in [-0.2, -0.15) is 10.2 Å².